The van der Waals surface area contributed by atoms with E-state index < -0.39 is 11.7 Å². The molecular weight excluding hydrogens is 327 g/mol. The van der Waals surface area contributed by atoms with E-state index in [-0.39, 0.29) is 0 Å². The molecule has 0 amide bonds. The minimum atomic E-state index is -4.29. The van der Waals surface area contributed by atoms with Crippen LogP contribution in [-0.4, -0.2) is 54.1 Å². The molecule has 0 unspecified atom stereocenters. The van der Waals surface area contributed by atoms with E-state index in [9.17, 15) is 13.2 Å². The van der Waals surface area contributed by atoms with Crippen LogP contribution in [0.15, 0.2) is 42.6 Å². The van der Waals surface area contributed by atoms with Crippen LogP contribution in [0.5, 0.6) is 0 Å². The van der Waals surface area contributed by atoms with Gasteiger partial charge in [0.05, 0.1) is 5.56 Å². The second kappa shape index (κ2) is 7.62. The van der Waals surface area contributed by atoms with Crippen LogP contribution in [0, 0.1) is 0 Å². The molecule has 6 heteroatoms. The molecule has 3 nitrogen and oxygen atoms in total. The van der Waals surface area contributed by atoms with Crippen LogP contribution in [-0.2, 0) is 12.6 Å². The first-order valence-electron chi connectivity index (χ1n) is 8.68. The minimum Gasteiger partial charge on any atom is -0.321 e. The molecule has 2 heterocycles. The largest absolute Gasteiger partial charge is 0.416 e. The summed E-state index contributed by atoms with van der Waals surface area (Å²) in [7, 11) is 2.15. The predicted octanol–water partition coefficient (Wildman–Crippen LogP) is 3.68. The van der Waals surface area contributed by atoms with Gasteiger partial charge in [-0.2, -0.15) is 13.2 Å². The third-order valence-corrected chi connectivity index (χ3v) is 4.81. The third kappa shape index (κ3) is 4.64. The summed E-state index contributed by atoms with van der Waals surface area (Å²) in [5, 5.41) is 0. The van der Waals surface area contributed by atoms with Gasteiger partial charge in [0.25, 0.3) is 0 Å². The molecule has 136 valence electrons. The summed E-state index contributed by atoms with van der Waals surface area (Å²) >= 11 is 0. The number of hydrogen-bond acceptors (Lipinski definition) is 2. The van der Waals surface area contributed by atoms with Crippen molar-refractivity contribution in [1.82, 2.24) is 14.4 Å². The van der Waals surface area contributed by atoms with E-state index in [0.29, 0.717) is 0 Å². The van der Waals surface area contributed by atoms with Crippen LogP contribution >= 0.6 is 0 Å². The Balaban J connectivity index is 1.59. The normalized spacial score (nSPS) is 17.1. The number of benzene rings is 1. The maximum absolute atomic E-state index is 12.7. The van der Waals surface area contributed by atoms with Gasteiger partial charge in [-0.05, 0) is 62.8 Å². The molecule has 1 aliphatic rings. The summed E-state index contributed by atoms with van der Waals surface area (Å²) in [6, 6.07) is 9.34. The summed E-state index contributed by atoms with van der Waals surface area (Å²) in [5.41, 5.74) is 1.29. The second-order valence-corrected chi connectivity index (χ2v) is 6.66. The lowest BCUT2D eigenvalue weighted by Crippen LogP contribution is -2.44. The highest BCUT2D eigenvalue weighted by atomic mass is 19.4. The molecule has 1 saturated heterocycles. The maximum atomic E-state index is 12.7. The number of rotatable bonds is 5. The number of likely N-dealkylation sites (N-methyl/N-ethyl adjacent to an activating group) is 1. The van der Waals surface area contributed by atoms with Crippen molar-refractivity contribution in [3.8, 4) is 5.69 Å². The summed E-state index contributed by atoms with van der Waals surface area (Å²) in [6.07, 6.45) is -0.414. The molecule has 0 bridgehead atoms. The summed E-state index contributed by atoms with van der Waals surface area (Å²) in [4.78, 5) is 4.82. The molecule has 0 aliphatic carbocycles. The van der Waals surface area contributed by atoms with Crippen molar-refractivity contribution in [3.05, 3.63) is 53.9 Å². The Kier molecular flexibility index (Phi) is 5.49. The molecule has 1 aliphatic heterocycles. The Morgan fingerprint density at radius 1 is 0.960 bits per heavy atom. The number of aryl methyl sites for hydroxylation is 1. The van der Waals surface area contributed by atoms with Crippen molar-refractivity contribution in [3.63, 3.8) is 0 Å². The van der Waals surface area contributed by atoms with E-state index >= 15 is 0 Å². The van der Waals surface area contributed by atoms with Crippen LogP contribution in [0.1, 0.15) is 17.7 Å². The maximum Gasteiger partial charge on any atom is 0.416 e. The molecule has 3 rings (SSSR count). The highest BCUT2D eigenvalue weighted by Gasteiger charge is 2.30. The van der Waals surface area contributed by atoms with Gasteiger partial charge in [-0.25, -0.2) is 0 Å². The van der Waals surface area contributed by atoms with Crippen molar-refractivity contribution >= 4 is 0 Å². The third-order valence-electron chi connectivity index (χ3n) is 4.81. The van der Waals surface area contributed by atoms with Gasteiger partial charge in [0.2, 0.25) is 0 Å². The number of halogens is 3. The minimum absolute atomic E-state index is 0.611. The molecule has 0 spiro atoms. The number of nitrogens with zero attached hydrogens (tertiary/aromatic N) is 3. The van der Waals surface area contributed by atoms with Crippen molar-refractivity contribution in [1.29, 1.82) is 0 Å². The van der Waals surface area contributed by atoms with Crippen molar-refractivity contribution in [2.24, 2.45) is 0 Å². The first-order valence-corrected chi connectivity index (χ1v) is 8.68. The quantitative estimate of drug-likeness (QED) is 0.814. The molecule has 1 aromatic carbocycles. The Hall–Kier alpha value is -1.79. The average Bonchev–Trinajstić information content (AvgIpc) is 3.04. The molecular formula is C19H24F3N3. The van der Waals surface area contributed by atoms with Crippen LogP contribution in [0.4, 0.5) is 13.2 Å². The lowest BCUT2D eigenvalue weighted by molar-refractivity contribution is -0.137. The Morgan fingerprint density at radius 2 is 1.64 bits per heavy atom. The van der Waals surface area contributed by atoms with Crippen molar-refractivity contribution in [2.75, 3.05) is 39.8 Å². The van der Waals surface area contributed by atoms with E-state index in [1.54, 1.807) is 0 Å². The zero-order chi connectivity index (χ0) is 17.9. The van der Waals surface area contributed by atoms with Crippen LogP contribution in [0.3, 0.4) is 0 Å². The molecule has 0 radical (unpaired) electrons. The van der Waals surface area contributed by atoms with Crippen molar-refractivity contribution < 1.29 is 13.2 Å². The fourth-order valence-electron chi connectivity index (χ4n) is 3.24. The Labute approximate surface area is 146 Å². The van der Waals surface area contributed by atoms with Crippen molar-refractivity contribution in [2.45, 2.75) is 19.0 Å². The van der Waals surface area contributed by atoms with Gasteiger partial charge < -0.3 is 14.4 Å². The van der Waals surface area contributed by atoms with Crippen LogP contribution in [0.25, 0.3) is 5.69 Å². The van der Waals surface area contributed by atoms with Gasteiger partial charge in [0.1, 0.15) is 0 Å². The lowest BCUT2D eigenvalue weighted by Gasteiger charge is -2.32. The van der Waals surface area contributed by atoms with Crippen LogP contribution in [0.2, 0.25) is 0 Å². The lowest BCUT2D eigenvalue weighted by atomic mass is 10.2. The van der Waals surface area contributed by atoms with E-state index in [4.69, 9.17) is 0 Å². The Bertz CT molecular complexity index is 668. The highest BCUT2D eigenvalue weighted by Crippen LogP contribution is 2.29. The molecule has 1 aromatic heterocycles. The van der Waals surface area contributed by atoms with Gasteiger partial charge in [0.15, 0.2) is 0 Å². The molecule has 0 saturated carbocycles. The first kappa shape index (κ1) is 18.0. The topological polar surface area (TPSA) is 11.4 Å². The molecule has 0 atom stereocenters. The Morgan fingerprint density at radius 3 is 2.28 bits per heavy atom. The number of piperazine rings is 1. The second-order valence-electron chi connectivity index (χ2n) is 6.66. The molecule has 25 heavy (non-hydrogen) atoms. The standard InChI is InChI=1S/C19H24F3N3/c1-23-12-14-24(15-13-23)10-2-4-17-5-3-11-25(17)18-8-6-16(7-9-18)19(20,21)22/h3,5-9,11H,2,4,10,12-15H2,1H3. The molecule has 2 aromatic rings. The average molecular weight is 351 g/mol. The predicted molar refractivity (Wildman–Crippen MR) is 93.0 cm³/mol. The fraction of sp³-hybridized carbons (Fsp3) is 0.474. The number of hydrogen-bond donors (Lipinski definition) is 0. The smallest absolute Gasteiger partial charge is 0.321 e. The molecule has 1 fully saturated rings. The number of alkyl halides is 3. The van der Waals surface area contributed by atoms with Gasteiger partial charge >= 0.3 is 6.18 Å². The SMILES string of the molecule is CN1CCN(CCCc2cccn2-c2ccc(C(F)(F)F)cc2)CC1. The van der Waals surface area contributed by atoms with Crippen LogP contribution < -0.4 is 0 Å². The van der Waals surface area contributed by atoms with Gasteiger partial charge in [-0.1, -0.05) is 0 Å². The zero-order valence-electron chi connectivity index (χ0n) is 14.5. The van der Waals surface area contributed by atoms with E-state index in [1.165, 1.54) is 12.1 Å². The number of aromatic nitrogens is 1. The summed E-state index contributed by atoms with van der Waals surface area (Å²) in [6.45, 7) is 5.50. The summed E-state index contributed by atoms with van der Waals surface area (Å²) < 4.78 is 40.1. The van der Waals surface area contributed by atoms with Gasteiger partial charge in [-0.3, -0.25) is 0 Å². The monoisotopic (exact) mass is 351 g/mol. The fourth-order valence-corrected chi connectivity index (χ4v) is 3.24. The first-order chi connectivity index (χ1) is 11.9. The summed E-state index contributed by atoms with van der Waals surface area (Å²) in [5.74, 6) is 0. The molecule has 0 N–H and O–H groups in total. The van der Waals surface area contributed by atoms with E-state index in [1.807, 2.05) is 22.9 Å². The van der Waals surface area contributed by atoms with Gasteiger partial charge in [0, 0.05) is 43.8 Å². The highest BCUT2D eigenvalue weighted by molar-refractivity contribution is 5.38. The van der Waals surface area contributed by atoms with E-state index in [2.05, 4.69) is 16.8 Å². The van der Waals surface area contributed by atoms with Gasteiger partial charge in [-0.15, -0.1) is 0 Å². The van der Waals surface area contributed by atoms with E-state index in [0.717, 1.165) is 69.1 Å². The zero-order valence-corrected chi connectivity index (χ0v) is 14.5.